The Morgan fingerprint density at radius 3 is 3.00 bits per heavy atom. The fourth-order valence-electron chi connectivity index (χ4n) is 2.27. The van der Waals surface area contributed by atoms with Crippen molar-refractivity contribution < 1.29 is 4.74 Å². The number of rotatable bonds is 4. The quantitative estimate of drug-likeness (QED) is 0.840. The zero-order chi connectivity index (χ0) is 13.8. The first kappa shape index (κ1) is 14.9. The monoisotopic (exact) mass is 303 g/mol. The van der Waals surface area contributed by atoms with Crippen LogP contribution in [-0.4, -0.2) is 36.8 Å². The molecular formula is C13H19Cl2N3O. The highest BCUT2D eigenvalue weighted by atomic mass is 35.5. The summed E-state index contributed by atoms with van der Waals surface area (Å²) in [6.07, 6.45) is 0.971. The van der Waals surface area contributed by atoms with Crippen LogP contribution in [0.15, 0.2) is 6.07 Å². The van der Waals surface area contributed by atoms with E-state index >= 15 is 0 Å². The van der Waals surface area contributed by atoms with Gasteiger partial charge in [0.1, 0.15) is 5.15 Å². The van der Waals surface area contributed by atoms with Crippen LogP contribution in [0.25, 0.3) is 0 Å². The second-order valence-electron chi connectivity index (χ2n) is 4.93. The Bertz CT molecular complexity index is 413. The maximum Gasteiger partial charge on any atom is 0.154 e. The van der Waals surface area contributed by atoms with Gasteiger partial charge < -0.3 is 15.4 Å². The molecule has 2 atom stereocenters. The van der Waals surface area contributed by atoms with E-state index in [1.54, 1.807) is 0 Å². The Balaban J connectivity index is 1.96. The van der Waals surface area contributed by atoms with Gasteiger partial charge in [-0.05, 0) is 31.9 Å². The first-order chi connectivity index (χ1) is 9.06. The third-order valence-electron chi connectivity index (χ3n) is 3.17. The number of ether oxygens (including phenoxy) is 1. The van der Waals surface area contributed by atoms with Crippen LogP contribution in [0.3, 0.4) is 0 Å². The van der Waals surface area contributed by atoms with E-state index in [0.717, 1.165) is 37.4 Å². The van der Waals surface area contributed by atoms with E-state index < -0.39 is 0 Å². The van der Waals surface area contributed by atoms with Gasteiger partial charge in [-0.3, -0.25) is 0 Å². The van der Waals surface area contributed by atoms with Crippen molar-refractivity contribution in [3.05, 3.63) is 21.9 Å². The molecule has 0 amide bonds. The van der Waals surface area contributed by atoms with E-state index in [1.807, 2.05) is 13.0 Å². The fourth-order valence-corrected chi connectivity index (χ4v) is 2.86. The number of nitrogens with one attached hydrogen (secondary N) is 2. The van der Waals surface area contributed by atoms with Crippen LogP contribution in [0.4, 0.5) is 5.69 Å². The normalized spacial score (nSPS) is 21.2. The summed E-state index contributed by atoms with van der Waals surface area (Å²) in [7, 11) is 0. The van der Waals surface area contributed by atoms with Crippen molar-refractivity contribution in [1.82, 2.24) is 10.3 Å². The summed E-state index contributed by atoms with van der Waals surface area (Å²) in [5.74, 6) is 0. The molecule has 6 heteroatoms. The van der Waals surface area contributed by atoms with Crippen molar-refractivity contribution >= 4 is 28.9 Å². The summed E-state index contributed by atoms with van der Waals surface area (Å²) < 4.78 is 5.45. The number of halogens is 2. The second kappa shape index (κ2) is 6.75. The Labute approximate surface area is 123 Å². The molecule has 2 heterocycles. The van der Waals surface area contributed by atoms with Gasteiger partial charge in [0.2, 0.25) is 0 Å². The minimum Gasteiger partial charge on any atom is -0.380 e. The molecule has 0 bridgehead atoms. The molecule has 0 saturated carbocycles. The minimum atomic E-state index is 0.276. The van der Waals surface area contributed by atoms with Gasteiger partial charge in [0.25, 0.3) is 0 Å². The van der Waals surface area contributed by atoms with Crippen LogP contribution in [-0.2, 0) is 4.74 Å². The summed E-state index contributed by atoms with van der Waals surface area (Å²) >= 11 is 12.0. The summed E-state index contributed by atoms with van der Waals surface area (Å²) in [4.78, 5) is 4.06. The predicted molar refractivity (Wildman–Crippen MR) is 79.3 cm³/mol. The lowest BCUT2D eigenvalue weighted by molar-refractivity contribution is 0.0731. The average Bonchev–Trinajstić information content (AvgIpc) is 2.35. The minimum absolute atomic E-state index is 0.276. The highest BCUT2D eigenvalue weighted by Gasteiger charge is 2.17. The molecule has 2 unspecified atom stereocenters. The fraction of sp³-hybridized carbons (Fsp3) is 0.615. The third kappa shape index (κ3) is 4.21. The second-order valence-corrected chi connectivity index (χ2v) is 5.68. The van der Waals surface area contributed by atoms with Crippen LogP contribution in [0.5, 0.6) is 0 Å². The van der Waals surface area contributed by atoms with Crippen molar-refractivity contribution in [1.29, 1.82) is 0 Å². The van der Waals surface area contributed by atoms with E-state index in [-0.39, 0.29) is 6.04 Å². The molecule has 2 rings (SSSR count). The van der Waals surface area contributed by atoms with E-state index in [9.17, 15) is 0 Å². The zero-order valence-corrected chi connectivity index (χ0v) is 12.7. The van der Waals surface area contributed by atoms with Crippen molar-refractivity contribution in [2.45, 2.75) is 32.4 Å². The Hall–Kier alpha value is -0.550. The number of aromatic nitrogens is 1. The van der Waals surface area contributed by atoms with E-state index in [1.165, 1.54) is 0 Å². The SMILES string of the molecule is Cc1cc(Cl)nc(Cl)c1NC(C)CC1COCCN1. The molecule has 19 heavy (non-hydrogen) atoms. The molecule has 0 spiro atoms. The first-order valence-electron chi connectivity index (χ1n) is 6.46. The van der Waals surface area contributed by atoms with Crippen molar-refractivity contribution in [3.8, 4) is 0 Å². The molecule has 1 aliphatic rings. The maximum atomic E-state index is 6.12. The van der Waals surface area contributed by atoms with Gasteiger partial charge in [-0.2, -0.15) is 0 Å². The van der Waals surface area contributed by atoms with Gasteiger partial charge in [0.05, 0.1) is 18.9 Å². The summed E-state index contributed by atoms with van der Waals surface area (Å²) in [6.45, 7) is 6.57. The molecule has 2 N–H and O–H groups in total. The van der Waals surface area contributed by atoms with Crippen LogP contribution in [0.2, 0.25) is 10.3 Å². The van der Waals surface area contributed by atoms with Crippen LogP contribution < -0.4 is 10.6 Å². The van der Waals surface area contributed by atoms with Gasteiger partial charge in [0.15, 0.2) is 5.15 Å². The van der Waals surface area contributed by atoms with Crippen LogP contribution in [0, 0.1) is 6.92 Å². The topological polar surface area (TPSA) is 46.2 Å². The lowest BCUT2D eigenvalue weighted by atomic mass is 10.1. The van der Waals surface area contributed by atoms with Gasteiger partial charge >= 0.3 is 0 Å². The average molecular weight is 304 g/mol. The maximum absolute atomic E-state index is 6.12. The number of hydrogen-bond donors (Lipinski definition) is 2. The number of nitrogens with zero attached hydrogens (tertiary/aromatic N) is 1. The largest absolute Gasteiger partial charge is 0.380 e. The first-order valence-corrected chi connectivity index (χ1v) is 7.22. The Kier molecular flexibility index (Phi) is 5.28. The molecule has 0 radical (unpaired) electrons. The van der Waals surface area contributed by atoms with Gasteiger partial charge in [-0.1, -0.05) is 23.2 Å². The van der Waals surface area contributed by atoms with Crippen LogP contribution >= 0.6 is 23.2 Å². The molecule has 1 aliphatic heterocycles. The molecule has 4 nitrogen and oxygen atoms in total. The predicted octanol–water partition coefficient (Wildman–Crippen LogP) is 2.88. The molecule has 1 aromatic rings. The smallest absolute Gasteiger partial charge is 0.154 e. The summed E-state index contributed by atoms with van der Waals surface area (Å²) in [5, 5.41) is 7.68. The number of pyridine rings is 1. The third-order valence-corrected chi connectivity index (χ3v) is 3.64. The number of morpholine rings is 1. The Morgan fingerprint density at radius 2 is 2.37 bits per heavy atom. The number of hydrogen-bond acceptors (Lipinski definition) is 4. The molecular weight excluding hydrogens is 285 g/mol. The Morgan fingerprint density at radius 1 is 1.58 bits per heavy atom. The van der Waals surface area contributed by atoms with Crippen molar-refractivity contribution in [2.75, 3.05) is 25.1 Å². The zero-order valence-electron chi connectivity index (χ0n) is 11.2. The number of anilines is 1. The lowest BCUT2D eigenvalue weighted by Crippen LogP contribution is -2.43. The van der Waals surface area contributed by atoms with Gasteiger partial charge in [-0.15, -0.1) is 0 Å². The lowest BCUT2D eigenvalue weighted by Gasteiger charge is -2.27. The summed E-state index contributed by atoms with van der Waals surface area (Å²) in [5.41, 5.74) is 1.86. The molecule has 1 aromatic heterocycles. The van der Waals surface area contributed by atoms with Gasteiger partial charge in [-0.25, -0.2) is 4.98 Å². The highest BCUT2D eigenvalue weighted by Crippen LogP contribution is 2.27. The summed E-state index contributed by atoms with van der Waals surface area (Å²) in [6, 6.07) is 2.47. The van der Waals surface area contributed by atoms with Crippen molar-refractivity contribution in [3.63, 3.8) is 0 Å². The standard InChI is InChI=1S/C13H19Cl2N3O/c1-8-5-11(14)18-13(15)12(8)17-9(2)6-10-7-19-4-3-16-10/h5,9-10,16-17H,3-4,6-7H2,1-2H3. The van der Waals surface area contributed by atoms with E-state index in [2.05, 4.69) is 22.5 Å². The van der Waals surface area contributed by atoms with Crippen molar-refractivity contribution in [2.24, 2.45) is 0 Å². The molecule has 0 aliphatic carbocycles. The number of aryl methyl sites for hydroxylation is 1. The van der Waals surface area contributed by atoms with E-state index in [0.29, 0.717) is 16.3 Å². The molecule has 0 aromatic carbocycles. The highest BCUT2D eigenvalue weighted by molar-refractivity contribution is 6.34. The molecule has 106 valence electrons. The van der Waals surface area contributed by atoms with Crippen LogP contribution in [0.1, 0.15) is 18.9 Å². The van der Waals surface area contributed by atoms with Gasteiger partial charge in [0, 0.05) is 18.6 Å². The van der Waals surface area contributed by atoms with E-state index in [4.69, 9.17) is 27.9 Å². The molecule has 1 saturated heterocycles. The molecule has 1 fully saturated rings.